The van der Waals surface area contributed by atoms with E-state index in [9.17, 15) is 14.4 Å². The van der Waals surface area contributed by atoms with E-state index < -0.39 is 12.1 Å². The fourth-order valence-corrected chi connectivity index (χ4v) is 3.74. The van der Waals surface area contributed by atoms with Gasteiger partial charge in [0.1, 0.15) is 0 Å². The average molecular weight is 423 g/mol. The molecule has 0 aliphatic heterocycles. The Morgan fingerprint density at radius 3 is 2.48 bits per heavy atom. The minimum absolute atomic E-state index is 0.0673. The Morgan fingerprint density at radius 1 is 1.19 bits per heavy atom. The first kappa shape index (κ1) is 22.5. The molecule has 0 unspecified atom stereocenters. The Morgan fingerprint density at radius 2 is 1.87 bits per heavy atom. The monoisotopic (exact) mass is 422 g/mol. The van der Waals surface area contributed by atoms with Gasteiger partial charge in [-0.05, 0) is 63.3 Å². The van der Waals surface area contributed by atoms with E-state index >= 15 is 0 Å². The third-order valence-electron chi connectivity index (χ3n) is 5.52. The highest BCUT2D eigenvalue weighted by Gasteiger charge is 2.26. The number of carbonyl (C=O) groups excluding carboxylic acids is 3. The van der Waals surface area contributed by atoms with E-state index in [0.717, 1.165) is 16.8 Å². The zero-order chi connectivity index (χ0) is 22.5. The highest BCUT2D eigenvalue weighted by molar-refractivity contribution is 6.01. The van der Waals surface area contributed by atoms with Gasteiger partial charge < -0.3 is 14.6 Å². The summed E-state index contributed by atoms with van der Waals surface area (Å²) in [6, 6.07) is 9.79. The molecule has 1 aromatic heterocycles. The predicted molar refractivity (Wildman–Crippen MR) is 120 cm³/mol. The quantitative estimate of drug-likeness (QED) is 0.377. The molecule has 1 aromatic carbocycles. The molecule has 0 saturated heterocycles. The fourth-order valence-electron chi connectivity index (χ4n) is 3.74. The molecule has 1 saturated carbocycles. The Balaban J connectivity index is 1.54. The Labute approximate surface area is 183 Å². The van der Waals surface area contributed by atoms with E-state index in [1.54, 1.807) is 25.1 Å². The maximum atomic E-state index is 12.6. The van der Waals surface area contributed by atoms with Crippen LogP contribution in [0.4, 0.5) is 0 Å². The molecule has 1 atom stereocenters. The van der Waals surface area contributed by atoms with Gasteiger partial charge in [-0.15, -0.1) is 0 Å². The lowest BCUT2D eigenvalue weighted by molar-refractivity contribution is -0.140. The molecule has 1 fully saturated rings. The van der Waals surface area contributed by atoms with Gasteiger partial charge in [-0.3, -0.25) is 9.59 Å². The second-order valence-corrected chi connectivity index (χ2v) is 8.13. The van der Waals surface area contributed by atoms with Crippen molar-refractivity contribution in [2.75, 3.05) is 6.54 Å². The van der Waals surface area contributed by atoms with Crippen molar-refractivity contribution in [3.8, 4) is 0 Å². The lowest BCUT2D eigenvalue weighted by Crippen LogP contribution is -2.24. The maximum Gasteiger partial charge on any atom is 0.331 e. The number of ether oxygens (including phenoxy) is 1. The smallest absolute Gasteiger partial charge is 0.331 e. The van der Waals surface area contributed by atoms with Crippen molar-refractivity contribution in [1.29, 1.82) is 0 Å². The molecule has 0 spiro atoms. The van der Waals surface area contributed by atoms with Crippen LogP contribution in [0.3, 0.4) is 0 Å². The van der Waals surface area contributed by atoms with Gasteiger partial charge in [0.15, 0.2) is 6.10 Å². The van der Waals surface area contributed by atoms with Crippen molar-refractivity contribution >= 4 is 23.7 Å². The third-order valence-corrected chi connectivity index (χ3v) is 5.52. The number of hydrogen-bond donors (Lipinski definition) is 1. The van der Waals surface area contributed by atoms with Crippen molar-refractivity contribution in [1.82, 2.24) is 9.88 Å². The number of esters is 1. The van der Waals surface area contributed by atoms with Crippen LogP contribution in [0.2, 0.25) is 0 Å². The number of aryl methyl sites for hydroxylation is 1. The molecule has 164 valence electrons. The summed E-state index contributed by atoms with van der Waals surface area (Å²) in [6.45, 7) is 7.74. The summed E-state index contributed by atoms with van der Waals surface area (Å²) in [6.07, 6.45) is 5.36. The average Bonchev–Trinajstić information content (AvgIpc) is 3.51. The van der Waals surface area contributed by atoms with Crippen molar-refractivity contribution < 1.29 is 19.1 Å². The van der Waals surface area contributed by atoms with Gasteiger partial charge in [0, 0.05) is 42.5 Å². The summed E-state index contributed by atoms with van der Waals surface area (Å²) in [7, 11) is 0. The van der Waals surface area contributed by atoms with Gasteiger partial charge >= 0.3 is 5.97 Å². The number of aromatic nitrogens is 1. The third kappa shape index (κ3) is 5.94. The molecule has 1 aliphatic carbocycles. The normalized spacial score (nSPS) is 14.5. The lowest BCUT2D eigenvalue weighted by Gasteiger charge is -2.11. The molecule has 3 rings (SSSR count). The van der Waals surface area contributed by atoms with Gasteiger partial charge in [0.05, 0.1) is 0 Å². The number of hydrogen-bond acceptors (Lipinski definition) is 4. The van der Waals surface area contributed by atoms with E-state index in [1.807, 2.05) is 12.1 Å². The van der Waals surface area contributed by atoms with E-state index in [1.165, 1.54) is 31.5 Å². The lowest BCUT2D eigenvalue weighted by atomic mass is 10.0. The molecular formula is C25H30N2O4. The molecule has 1 amide bonds. The number of amides is 1. The number of nitrogens with one attached hydrogen (secondary N) is 1. The van der Waals surface area contributed by atoms with Crippen LogP contribution in [-0.4, -0.2) is 34.9 Å². The SMILES string of the molecule is CC(=O)NCCc1ccc(C(=O)[C@@H](C)OC(=O)/C=C/c2cc(C)n(C3CC3)c2C)cc1. The van der Waals surface area contributed by atoms with E-state index in [-0.39, 0.29) is 11.7 Å². The van der Waals surface area contributed by atoms with Crippen molar-refractivity contribution in [2.45, 2.75) is 59.1 Å². The maximum absolute atomic E-state index is 12.6. The molecule has 1 heterocycles. The summed E-state index contributed by atoms with van der Waals surface area (Å²) in [5, 5.41) is 2.74. The summed E-state index contributed by atoms with van der Waals surface area (Å²) in [5.74, 6) is -0.853. The van der Waals surface area contributed by atoms with Crippen LogP contribution in [0.5, 0.6) is 0 Å². The first-order valence-corrected chi connectivity index (χ1v) is 10.7. The highest BCUT2D eigenvalue weighted by Crippen LogP contribution is 2.38. The zero-order valence-corrected chi connectivity index (χ0v) is 18.6. The molecule has 31 heavy (non-hydrogen) atoms. The Bertz CT molecular complexity index is 997. The highest BCUT2D eigenvalue weighted by atomic mass is 16.5. The molecule has 6 nitrogen and oxygen atoms in total. The molecule has 1 aliphatic rings. The molecule has 6 heteroatoms. The molecule has 0 radical (unpaired) electrons. The van der Waals surface area contributed by atoms with Gasteiger partial charge in [-0.25, -0.2) is 4.79 Å². The molecule has 0 bridgehead atoms. The summed E-state index contributed by atoms with van der Waals surface area (Å²) >= 11 is 0. The number of carbonyl (C=O) groups is 3. The summed E-state index contributed by atoms with van der Waals surface area (Å²) < 4.78 is 7.63. The van der Waals surface area contributed by atoms with E-state index in [4.69, 9.17) is 4.74 Å². The van der Waals surface area contributed by atoms with Gasteiger partial charge in [0.2, 0.25) is 11.7 Å². The standard InChI is InChI=1S/C25H30N2O4/c1-16-15-22(17(2)27(16)23-10-11-23)9-12-24(29)31-18(3)25(30)21-7-5-20(6-8-21)13-14-26-19(4)28/h5-9,12,15,18,23H,10-11,13-14H2,1-4H3,(H,26,28)/b12-9+/t18-/m1/s1. The number of rotatable bonds is 9. The summed E-state index contributed by atoms with van der Waals surface area (Å²) in [4.78, 5) is 35.8. The largest absolute Gasteiger partial charge is 0.451 e. The van der Waals surface area contributed by atoms with Crippen LogP contribution in [0.25, 0.3) is 6.08 Å². The topological polar surface area (TPSA) is 77.4 Å². The van der Waals surface area contributed by atoms with Crippen LogP contribution in [-0.2, 0) is 20.7 Å². The van der Waals surface area contributed by atoms with Gasteiger partial charge in [-0.1, -0.05) is 24.3 Å². The molecular weight excluding hydrogens is 392 g/mol. The van der Waals surface area contributed by atoms with Crippen molar-refractivity contribution in [3.05, 3.63) is 64.5 Å². The van der Waals surface area contributed by atoms with Crippen molar-refractivity contribution in [2.24, 2.45) is 0 Å². The van der Waals surface area contributed by atoms with Crippen LogP contribution in [0.15, 0.2) is 36.4 Å². The number of benzene rings is 1. The Kier molecular flexibility index (Phi) is 7.10. The Hall–Kier alpha value is -3.15. The van der Waals surface area contributed by atoms with Crippen molar-refractivity contribution in [3.63, 3.8) is 0 Å². The minimum atomic E-state index is -0.874. The fraction of sp³-hybridized carbons (Fsp3) is 0.400. The summed E-state index contributed by atoms with van der Waals surface area (Å²) in [5.41, 5.74) is 4.83. The van der Waals surface area contributed by atoms with Crippen LogP contribution in [0, 0.1) is 13.8 Å². The number of nitrogens with zero attached hydrogens (tertiary/aromatic N) is 1. The van der Waals surface area contributed by atoms with Gasteiger partial charge in [-0.2, -0.15) is 0 Å². The molecule has 2 aromatic rings. The van der Waals surface area contributed by atoms with Crippen LogP contribution in [0.1, 0.15) is 65.6 Å². The number of ketones is 1. The second kappa shape index (κ2) is 9.77. The van der Waals surface area contributed by atoms with Gasteiger partial charge in [0.25, 0.3) is 0 Å². The zero-order valence-electron chi connectivity index (χ0n) is 18.6. The van der Waals surface area contributed by atoms with E-state index in [0.29, 0.717) is 24.6 Å². The number of Topliss-reactive ketones (excluding diaryl/α,β-unsaturated/α-hetero) is 1. The van der Waals surface area contributed by atoms with Crippen LogP contribution >= 0.6 is 0 Å². The van der Waals surface area contributed by atoms with E-state index in [2.05, 4.69) is 29.8 Å². The first-order valence-electron chi connectivity index (χ1n) is 10.7. The second-order valence-electron chi connectivity index (χ2n) is 8.13. The molecule has 1 N–H and O–H groups in total. The van der Waals surface area contributed by atoms with Crippen LogP contribution < -0.4 is 5.32 Å². The first-order chi connectivity index (χ1) is 14.8. The predicted octanol–water partition coefficient (Wildman–Crippen LogP) is 3.95. The minimum Gasteiger partial charge on any atom is -0.451 e.